The van der Waals surface area contributed by atoms with Crippen molar-refractivity contribution >= 4 is 5.91 Å². The second-order valence-electron chi connectivity index (χ2n) is 5.40. The van der Waals surface area contributed by atoms with Gasteiger partial charge >= 0.3 is 0 Å². The molecule has 110 valence electrons. The Balaban J connectivity index is 1.63. The summed E-state index contributed by atoms with van der Waals surface area (Å²) in [5.74, 6) is 5.75. The van der Waals surface area contributed by atoms with E-state index in [0.29, 0.717) is 18.3 Å². The largest absolute Gasteiger partial charge is 0.374 e. The van der Waals surface area contributed by atoms with Gasteiger partial charge in [0.05, 0.1) is 12.7 Å². The first-order valence-electron chi connectivity index (χ1n) is 7.33. The first kappa shape index (κ1) is 14.4. The van der Waals surface area contributed by atoms with Crippen LogP contribution in [0.3, 0.4) is 0 Å². The maximum atomic E-state index is 11.0. The van der Waals surface area contributed by atoms with E-state index >= 15 is 0 Å². The predicted molar refractivity (Wildman–Crippen MR) is 85.2 cm³/mol. The minimum absolute atomic E-state index is 0.427. The van der Waals surface area contributed by atoms with Gasteiger partial charge in [0.1, 0.15) is 0 Å². The smallest absolute Gasteiger partial charge is 0.248 e. The van der Waals surface area contributed by atoms with E-state index in [1.165, 1.54) is 18.4 Å². The molecular formula is C19H17NO2. The quantitative estimate of drug-likeness (QED) is 0.881. The molecule has 3 nitrogen and oxygen atoms in total. The molecule has 2 N–H and O–H groups in total. The average molecular weight is 291 g/mol. The summed E-state index contributed by atoms with van der Waals surface area (Å²) in [6.45, 7) is 0.674. The number of amides is 1. The number of carbonyl (C=O) groups is 1. The molecule has 0 heterocycles. The molecule has 1 fully saturated rings. The molecule has 0 aliphatic heterocycles. The van der Waals surface area contributed by atoms with Crippen LogP contribution in [0.1, 0.15) is 39.9 Å². The van der Waals surface area contributed by atoms with Gasteiger partial charge in [0.25, 0.3) is 0 Å². The molecule has 0 atom stereocenters. The van der Waals surface area contributed by atoms with Crippen LogP contribution in [0.5, 0.6) is 0 Å². The Morgan fingerprint density at radius 2 is 1.55 bits per heavy atom. The van der Waals surface area contributed by atoms with Crippen molar-refractivity contribution in [1.29, 1.82) is 0 Å². The molecule has 1 aliphatic carbocycles. The number of hydrogen-bond donors (Lipinski definition) is 1. The van der Waals surface area contributed by atoms with Crippen LogP contribution in [0, 0.1) is 11.8 Å². The molecule has 1 amide bonds. The monoisotopic (exact) mass is 291 g/mol. The molecule has 3 rings (SSSR count). The molecule has 0 saturated heterocycles. The topological polar surface area (TPSA) is 52.3 Å². The molecule has 3 heteroatoms. The summed E-state index contributed by atoms with van der Waals surface area (Å²) < 4.78 is 5.66. The third-order valence-electron chi connectivity index (χ3n) is 3.48. The van der Waals surface area contributed by atoms with Crippen molar-refractivity contribution in [2.75, 3.05) is 0 Å². The fourth-order valence-electron chi connectivity index (χ4n) is 2.00. The molecular weight excluding hydrogens is 274 g/mol. The summed E-state index contributed by atoms with van der Waals surface area (Å²) in [4.78, 5) is 11.0. The van der Waals surface area contributed by atoms with Gasteiger partial charge in [0.2, 0.25) is 5.91 Å². The zero-order valence-electron chi connectivity index (χ0n) is 12.2. The molecule has 0 aromatic heterocycles. The van der Waals surface area contributed by atoms with Gasteiger partial charge < -0.3 is 10.5 Å². The van der Waals surface area contributed by atoms with Crippen molar-refractivity contribution in [3.63, 3.8) is 0 Å². The molecule has 0 spiro atoms. The Labute approximate surface area is 130 Å². The van der Waals surface area contributed by atoms with E-state index in [1.807, 2.05) is 24.3 Å². The highest BCUT2D eigenvalue weighted by molar-refractivity contribution is 5.92. The van der Waals surface area contributed by atoms with Crippen LogP contribution in [-0.4, -0.2) is 12.0 Å². The Kier molecular flexibility index (Phi) is 4.22. The Bertz CT molecular complexity index is 717. The zero-order valence-corrected chi connectivity index (χ0v) is 12.2. The lowest BCUT2D eigenvalue weighted by atomic mass is 10.1. The van der Waals surface area contributed by atoms with Crippen LogP contribution in [0.2, 0.25) is 0 Å². The van der Waals surface area contributed by atoms with Crippen molar-refractivity contribution < 1.29 is 9.53 Å². The number of benzene rings is 2. The third kappa shape index (κ3) is 3.97. The van der Waals surface area contributed by atoms with E-state index in [4.69, 9.17) is 10.5 Å². The molecule has 2 aromatic carbocycles. The first-order valence-corrected chi connectivity index (χ1v) is 7.33. The van der Waals surface area contributed by atoms with Crippen molar-refractivity contribution in [2.45, 2.75) is 25.6 Å². The fourth-order valence-corrected chi connectivity index (χ4v) is 2.00. The van der Waals surface area contributed by atoms with Crippen molar-refractivity contribution in [3.05, 3.63) is 70.8 Å². The van der Waals surface area contributed by atoms with Crippen molar-refractivity contribution in [3.8, 4) is 11.8 Å². The van der Waals surface area contributed by atoms with Gasteiger partial charge in [-0.2, -0.15) is 0 Å². The first-order chi connectivity index (χ1) is 10.7. The number of rotatable bonds is 4. The van der Waals surface area contributed by atoms with E-state index in [1.54, 1.807) is 24.3 Å². The molecule has 1 saturated carbocycles. The summed E-state index contributed by atoms with van der Waals surface area (Å²) in [5.41, 5.74) is 8.67. The lowest BCUT2D eigenvalue weighted by Gasteiger charge is -2.02. The molecule has 0 unspecified atom stereocenters. The highest BCUT2D eigenvalue weighted by Crippen LogP contribution is 2.24. The normalized spacial score (nSPS) is 13.3. The number of nitrogens with two attached hydrogens (primary N) is 1. The summed E-state index contributed by atoms with van der Waals surface area (Å²) in [5, 5.41) is 0. The van der Waals surface area contributed by atoms with Gasteiger partial charge in [0.15, 0.2) is 0 Å². The number of carbonyl (C=O) groups excluding carboxylic acids is 1. The maximum Gasteiger partial charge on any atom is 0.248 e. The number of hydrogen-bond acceptors (Lipinski definition) is 2. The Morgan fingerprint density at radius 1 is 1.00 bits per heavy atom. The highest BCUT2D eigenvalue weighted by atomic mass is 16.5. The van der Waals surface area contributed by atoms with Crippen LogP contribution in [0.4, 0.5) is 0 Å². The van der Waals surface area contributed by atoms with E-state index < -0.39 is 5.91 Å². The summed E-state index contributed by atoms with van der Waals surface area (Å²) in [7, 11) is 0. The van der Waals surface area contributed by atoms with Gasteiger partial charge in [-0.05, 0) is 54.8 Å². The summed E-state index contributed by atoms with van der Waals surface area (Å²) >= 11 is 0. The minimum Gasteiger partial charge on any atom is -0.374 e. The van der Waals surface area contributed by atoms with E-state index in [2.05, 4.69) is 11.8 Å². The fraction of sp³-hybridized carbons (Fsp3) is 0.211. The lowest BCUT2D eigenvalue weighted by Crippen LogP contribution is -2.10. The minimum atomic E-state index is -0.427. The molecule has 22 heavy (non-hydrogen) atoms. The second-order valence-corrected chi connectivity index (χ2v) is 5.40. The molecule has 0 radical (unpaired) electrons. The Hall–Kier alpha value is -2.57. The van der Waals surface area contributed by atoms with Crippen molar-refractivity contribution in [2.24, 2.45) is 5.73 Å². The van der Waals surface area contributed by atoms with Gasteiger partial charge in [0, 0.05) is 16.7 Å². The summed E-state index contributed by atoms with van der Waals surface area (Å²) in [6.07, 6.45) is 2.86. The number of primary amides is 1. The SMILES string of the molecule is NC(=O)c1ccc(C#Cc2ccc(COC3CC3)cc2)cc1. The van der Waals surface area contributed by atoms with Crippen LogP contribution < -0.4 is 5.73 Å². The predicted octanol–water partition coefficient (Wildman–Crippen LogP) is 2.86. The second kappa shape index (κ2) is 6.46. The van der Waals surface area contributed by atoms with Crippen molar-refractivity contribution in [1.82, 2.24) is 0 Å². The average Bonchev–Trinajstić information content (AvgIpc) is 3.36. The van der Waals surface area contributed by atoms with Gasteiger partial charge in [-0.3, -0.25) is 4.79 Å². The third-order valence-corrected chi connectivity index (χ3v) is 3.48. The molecule has 0 bridgehead atoms. The maximum absolute atomic E-state index is 11.0. The van der Waals surface area contributed by atoms with Crippen LogP contribution in [-0.2, 0) is 11.3 Å². The lowest BCUT2D eigenvalue weighted by molar-refractivity contribution is 0.1000. The van der Waals surface area contributed by atoms with Gasteiger partial charge in [-0.25, -0.2) is 0 Å². The van der Waals surface area contributed by atoms with Gasteiger partial charge in [-0.15, -0.1) is 0 Å². The number of ether oxygens (including phenoxy) is 1. The zero-order chi connectivity index (χ0) is 15.4. The highest BCUT2D eigenvalue weighted by Gasteiger charge is 2.21. The molecule has 2 aromatic rings. The van der Waals surface area contributed by atoms with E-state index in [9.17, 15) is 4.79 Å². The standard InChI is InChI=1S/C19H17NO2/c20-19(21)17-9-7-15(8-10-17)2-1-14-3-5-16(6-4-14)13-22-18-11-12-18/h3-10,18H,11-13H2,(H2,20,21). The van der Waals surface area contributed by atoms with E-state index in [-0.39, 0.29) is 0 Å². The Morgan fingerprint density at radius 3 is 2.05 bits per heavy atom. The summed E-state index contributed by atoms with van der Waals surface area (Å²) in [6, 6.07) is 15.0. The van der Waals surface area contributed by atoms with Crippen LogP contribution in [0.15, 0.2) is 48.5 Å². The van der Waals surface area contributed by atoms with E-state index in [0.717, 1.165) is 11.1 Å². The van der Waals surface area contributed by atoms with Crippen LogP contribution >= 0.6 is 0 Å². The van der Waals surface area contributed by atoms with Crippen LogP contribution in [0.25, 0.3) is 0 Å². The molecule has 1 aliphatic rings. The van der Waals surface area contributed by atoms with Gasteiger partial charge in [-0.1, -0.05) is 24.0 Å².